The number of ether oxygens (including phenoxy) is 1. The Morgan fingerprint density at radius 1 is 1.50 bits per heavy atom. The van der Waals surface area contributed by atoms with E-state index in [1.165, 1.54) is 4.31 Å². The van der Waals surface area contributed by atoms with Crippen LogP contribution in [-0.2, 0) is 14.8 Å². The van der Waals surface area contributed by atoms with Crippen LogP contribution in [0.3, 0.4) is 0 Å². The Balaban J connectivity index is 2.61. The first-order valence-electron chi connectivity index (χ1n) is 5.62. The van der Waals surface area contributed by atoms with Crippen molar-refractivity contribution in [2.45, 2.75) is 25.8 Å². The fourth-order valence-electron chi connectivity index (χ4n) is 2.09. The monoisotopic (exact) mass is 251 g/mol. The summed E-state index contributed by atoms with van der Waals surface area (Å²) in [7, 11) is -1.68. The topological polar surface area (TPSA) is 66.8 Å². The molecule has 1 saturated heterocycles. The summed E-state index contributed by atoms with van der Waals surface area (Å²) in [6, 6.07) is -0.243. The highest BCUT2D eigenvalue weighted by Gasteiger charge is 2.37. The zero-order valence-corrected chi connectivity index (χ0v) is 10.7. The smallest absolute Gasteiger partial charge is 0.214 e. The molecule has 0 amide bonds. The van der Waals surface area contributed by atoms with Crippen molar-refractivity contribution in [2.24, 2.45) is 5.92 Å². The minimum absolute atomic E-state index is 0.0926. The first-order valence-corrected chi connectivity index (χ1v) is 7.23. The number of hydrogen-bond acceptors (Lipinski definition) is 4. The van der Waals surface area contributed by atoms with Gasteiger partial charge in [0.05, 0.1) is 18.4 Å². The molecular formula is C10H21NO4S. The highest BCUT2D eigenvalue weighted by Crippen LogP contribution is 2.26. The molecule has 0 aromatic rings. The molecule has 0 aromatic carbocycles. The maximum absolute atomic E-state index is 12.0. The van der Waals surface area contributed by atoms with Crippen LogP contribution in [0.4, 0.5) is 0 Å². The lowest BCUT2D eigenvalue weighted by Crippen LogP contribution is -2.41. The predicted molar refractivity (Wildman–Crippen MR) is 61.6 cm³/mol. The fourth-order valence-corrected chi connectivity index (χ4v) is 3.88. The Labute approximate surface area is 97.4 Å². The SMILES string of the molecule is COCCCS(=O)(=O)N1CCC(C)C1CO. The molecule has 2 atom stereocenters. The van der Waals surface area contributed by atoms with Gasteiger partial charge in [-0.15, -0.1) is 0 Å². The van der Waals surface area contributed by atoms with Gasteiger partial charge in [-0.1, -0.05) is 6.92 Å². The van der Waals surface area contributed by atoms with Gasteiger partial charge in [0.1, 0.15) is 0 Å². The van der Waals surface area contributed by atoms with Crippen molar-refractivity contribution in [3.05, 3.63) is 0 Å². The number of aliphatic hydroxyl groups is 1. The standard InChI is InChI=1S/C10H21NO4S/c1-9-4-5-11(10(9)8-12)16(13,14)7-3-6-15-2/h9-10,12H,3-8H2,1-2H3. The van der Waals surface area contributed by atoms with Crippen molar-refractivity contribution >= 4 is 10.0 Å². The van der Waals surface area contributed by atoms with Gasteiger partial charge in [0, 0.05) is 20.3 Å². The van der Waals surface area contributed by atoms with E-state index in [9.17, 15) is 13.5 Å². The van der Waals surface area contributed by atoms with E-state index in [4.69, 9.17) is 4.74 Å². The zero-order chi connectivity index (χ0) is 12.2. The van der Waals surface area contributed by atoms with E-state index in [0.717, 1.165) is 6.42 Å². The van der Waals surface area contributed by atoms with Gasteiger partial charge < -0.3 is 9.84 Å². The van der Waals surface area contributed by atoms with E-state index in [2.05, 4.69) is 0 Å². The highest BCUT2D eigenvalue weighted by molar-refractivity contribution is 7.89. The first-order chi connectivity index (χ1) is 7.53. The van der Waals surface area contributed by atoms with E-state index in [1.54, 1.807) is 7.11 Å². The summed E-state index contributed by atoms with van der Waals surface area (Å²) in [5, 5.41) is 9.21. The average molecular weight is 251 g/mol. The molecule has 0 bridgehead atoms. The van der Waals surface area contributed by atoms with Gasteiger partial charge in [0.15, 0.2) is 0 Å². The molecule has 6 heteroatoms. The van der Waals surface area contributed by atoms with Crippen molar-refractivity contribution in [1.82, 2.24) is 4.31 Å². The largest absolute Gasteiger partial charge is 0.395 e. The van der Waals surface area contributed by atoms with Gasteiger partial charge in [-0.3, -0.25) is 0 Å². The number of sulfonamides is 1. The van der Waals surface area contributed by atoms with Crippen molar-refractivity contribution < 1.29 is 18.3 Å². The third-order valence-corrected chi connectivity index (χ3v) is 5.10. The van der Waals surface area contributed by atoms with Crippen LogP contribution in [0, 0.1) is 5.92 Å². The fraction of sp³-hybridized carbons (Fsp3) is 1.00. The third-order valence-electron chi connectivity index (χ3n) is 3.13. The van der Waals surface area contributed by atoms with Crippen molar-refractivity contribution in [1.29, 1.82) is 0 Å². The van der Waals surface area contributed by atoms with E-state index >= 15 is 0 Å². The Kier molecular flexibility index (Phi) is 5.17. The van der Waals surface area contributed by atoms with E-state index in [0.29, 0.717) is 19.6 Å². The summed E-state index contributed by atoms with van der Waals surface area (Å²) in [5.41, 5.74) is 0. The van der Waals surface area contributed by atoms with Gasteiger partial charge in [-0.25, -0.2) is 8.42 Å². The molecule has 0 spiro atoms. The van der Waals surface area contributed by atoms with Crippen LogP contribution in [0.25, 0.3) is 0 Å². The maximum atomic E-state index is 12.0. The third kappa shape index (κ3) is 3.16. The summed E-state index contributed by atoms with van der Waals surface area (Å²) in [6.45, 7) is 2.87. The second-order valence-corrected chi connectivity index (χ2v) is 6.33. The minimum atomic E-state index is -3.23. The number of hydrogen-bond donors (Lipinski definition) is 1. The van der Waals surface area contributed by atoms with Crippen molar-refractivity contribution in [2.75, 3.05) is 32.6 Å². The molecule has 0 aromatic heterocycles. The Morgan fingerprint density at radius 3 is 2.75 bits per heavy atom. The molecule has 1 heterocycles. The molecule has 2 unspecified atom stereocenters. The van der Waals surface area contributed by atoms with E-state index < -0.39 is 10.0 Å². The second-order valence-electron chi connectivity index (χ2n) is 4.29. The highest BCUT2D eigenvalue weighted by atomic mass is 32.2. The molecule has 0 radical (unpaired) electrons. The maximum Gasteiger partial charge on any atom is 0.214 e. The summed E-state index contributed by atoms with van der Waals surface area (Å²) < 4.78 is 30.3. The normalized spacial score (nSPS) is 27.4. The summed E-state index contributed by atoms with van der Waals surface area (Å²) in [6.07, 6.45) is 1.33. The summed E-state index contributed by atoms with van der Waals surface area (Å²) in [4.78, 5) is 0. The Bertz CT molecular complexity index is 304. The van der Waals surface area contributed by atoms with Crippen LogP contribution in [0.15, 0.2) is 0 Å². The lowest BCUT2D eigenvalue weighted by atomic mass is 10.0. The quantitative estimate of drug-likeness (QED) is 0.678. The molecule has 1 N–H and O–H groups in total. The van der Waals surface area contributed by atoms with Gasteiger partial charge in [0.25, 0.3) is 0 Å². The molecule has 1 aliphatic heterocycles. The average Bonchev–Trinajstić information content (AvgIpc) is 2.60. The molecular weight excluding hydrogens is 230 g/mol. The van der Waals surface area contributed by atoms with Crippen molar-refractivity contribution in [3.63, 3.8) is 0 Å². The van der Waals surface area contributed by atoms with Crippen LogP contribution in [-0.4, -0.2) is 56.5 Å². The number of methoxy groups -OCH3 is 1. The summed E-state index contributed by atoms with van der Waals surface area (Å²) >= 11 is 0. The number of nitrogens with zero attached hydrogens (tertiary/aromatic N) is 1. The molecule has 96 valence electrons. The van der Waals surface area contributed by atoms with Gasteiger partial charge in [-0.2, -0.15) is 4.31 Å². The molecule has 1 fully saturated rings. The zero-order valence-electron chi connectivity index (χ0n) is 9.92. The second kappa shape index (κ2) is 5.95. The minimum Gasteiger partial charge on any atom is -0.395 e. The van der Waals surface area contributed by atoms with Crippen molar-refractivity contribution in [3.8, 4) is 0 Å². The first kappa shape index (κ1) is 13.9. The molecule has 16 heavy (non-hydrogen) atoms. The lowest BCUT2D eigenvalue weighted by molar-refractivity contribution is 0.188. The van der Waals surface area contributed by atoms with Gasteiger partial charge in [-0.05, 0) is 18.8 Å². The molecule has 0 aliphatic carbocycles. The Morgan fingerprint density at radius 2 is 2.19 bits per heavy atom. The van der Waals surface area contributed by atoms with Crippen LogP contribution >= 0.6 is 0 Å². The van der Waals surface area contributed by atoms with E-state index in [-0.39, 0.29) is 24.3 Å². The van der Waals surface area contributed by atoms with E-state index in [1.807, 2.05) is 6.92 Å². The van der Waals surface area contributed by atoms with Crippen LogP contribution in [0.2, 0.25) is 0 Å². The van der Waals surface area contributed by atoms with Gasteiger partial charge >= 0.3 is 0 Å². The Hall–Kier alpha value is -0.170. The lowest BCUT2D eigenvalue weighted by Gasteiger charge is -2.24. The predicted octanol–water partition coefficient (Wildman–Crippen LogP) is 0.0554. The summed E-state index contributed by atoms with van der Waals surface area (Å²) in [5.74, 6) is 0.339. The molecule has 1 aliphatic rings. The molecule has 0 saturated carbocycles. The van der Waals surface area contributed by atoms with Crippen LogP contribution < -0.4 is 0 Å². The molecule has 5 nitrogen and oxygen atoms in total. The molecule has 1 rings (SSSR count). The van der Waals surface area contributed by atoms with Crippen LogP contribution in [0.5, 0.6) is 0 Å². The number of aliphatic hydroxyl groups excluding tert-OH is 1. The van der Waals surface area contributed by atoms with Gasteiger partial charge in [0.2, 0.25) is 10.0 Å². The van der Waals surface area contributed by atoms with Crippen LogP contribution in [0.1, 0.15) is 19.8 Å². The number of rotatable bonds is 6.